The summed E-state index contributed by atoms with van der Waals surface area (Å²) in [5.74, 6) is 2.31. The van der Waals surface area contributed by atoms with Crippen molar-refractivity contribution in [3.8, 4) is 12.3 Å². The number of halogens is 1. The van der Waals surface area contributed by atoms with Gasteiger partial charge in [0.2, 0.25) is 10.9 Å². The molecular weight excluding hydrogens is 488 g/mol. The molecular formula is C25H25ClN4O6. The minimum atomic E-state index is -1.56. The van der Waals surface area contributed by atoms with Gasteiger partial charge in [0.15, 0.2) is 0 Å². The van der Waals surface area contributed by atoms with Crippen LogP contribution in [0.25, 0.3) is 11.0 Å². The van der Waals surface area contributed by atoms with Crippen molar-refractivity contribution in [3.63, 3.8) is 0 Å². The number of carbonyl (C=O) groups is 2. The molecule has 0 radical (unpaired) electrons. The van der Waals surface area contributed by atoms with Crippen molar-refractivity contribution >= 4 is 40.6 Å². The predicted octanol–water partition coefficient (Wildman–Crippen LogP) is 4.02. The number of nitrogens with two attached hydrogens (primary N) is 1. The van der Waals surface area contributed by atoms with E-state index in [2.05, 4.69) is 15.9 Å². The van der Waals surface area contributed by atoms with Crippen LogP contribution in [0.3, 0.4) is 0 Å². The summed E-state index contributed by atoms with van der Waals surface area (Å²) in [6.07, 6.45) is 5.98. The molecule has 11 heteroatoms. The van der Waals surface area contributed by atoms with Gasteiger partial charge in [0, 0.05) is 19.0 Å². The van der Waals surface area contributed by atoms with Gasteiger partial charge in [0.1, 0.15) is 37.0 Å². The van der Waals surface area contributed by atoms with Crippen LogP contribution >= 0.6 is 11.6 Å². The number of aromatic nitrogens is 3. The lowest BCUT2D eigenvalue weighted by molar-refractivity contribution is -0.159. The molecule has 2 aromatic heterocycles. The van der Waals surface area contributed by atoms with Gasteiger partial charge < -0.3 is 29.2 Å². The Balaban J connectivity index is 1.54. The molecule has 1 saturated heterocycles. The molecule has 36 heavy (non-hydrogen) atoms. The lowest BCUT2D eigenvalue weighted by Crippen LogP contribution is -2.45. The van der Waals surface area contributed by atoms with E-state index >= 15 is 0 Å². The van der Waals surface area contributed by atoms with E-state index in [1.807, 2.05) is 37.3 Å². The molecule has 0 spiro atoms. The third kappa shape index (κ3) is 5.37. The monoisotopic (exact) mass is 512 g/mol. The molecule has 0 bridgehead atoms. The first-order valence-electron chi connectivity index (χ1n) is 11.3. The van der Waals surface area contributed by atoms with Crippen LogP contribution in [-0.2, 0) is 30.3 Å². The number of carbonyl (C=O) groups excluding carboxylic acids is 2. The molecule has 10 nitrogen and oxygen atoms in total. The van der Waals surface area contributed by atoms with Gasteiger partial charge in [-0.1, -0.05) is 43.2 Å². The van der Waals surface area contributed by atoms with Gasteiger partial charge in [-0.15, -0.1) is 6.42 Å². The Morgan fingerprint density at radius 1 is 1.28 bits per heavy atom. The van der Waals surface area contributed by atoms with Gasteiger partial charge >= 0.3 is 12.1 Å². The number of rotatable bonds is 8. The lowest BCUT2D eigenvalue weighted by atomic mass is 9.98. The van der Waals surface area contributed by atoms with E-state index < -0.39 is 36.7 Å². The van der Waals surface area contributed by atoms with E-state index in [9.17, 15) is 9.59 Å². The SMILES string of the molecule is C#C[C@]1(COC(=O)OCc2ccccc2)O[C@@H](n2ccc3c(N)nc(Cl)nc32)C[C@@H]1OC(=O)CCC. The molecule has 1 aliphatic heterocycles. The number of nitrogen functional groups attached to an aromatic ring is 1. The van der Waals surface area contributed by atoms with Crippen LogP contribution < -0.4 is 5.73 Å². The largest absolute Gasteiger partial charge is 0.508 e. The van der Waals surface area contributed by atoms with Gasteiger partial charge in [0.05, 0.1) is 5.39 Å². The van der Waals surface area contributed by atoms with Crippen molar-refractivity contribution in [2.24, 2.45) is 0 Å². The Kier molecular flexibility index (Phi) is 7.62. The van der Waals surface area contributed by atoms with E-state index in [0.29, 0.717) is 17.5 Å². The number of hydrogen-bond donors (Lipinski definition) is 1. The Hall–Kier alpha value is -3.81. The van der Waals surface area contributed by atoms with E-state index in [1.54, 1.807) is 16.8 Å². The second-order valence-electron chi connectivity index (χ2n) is 8.22. The Morgan fingerprint density at radius 2 is 2.06 bits per heavy atom. The smallest absolute Gasteiger partial charge is 0.458 e. The van der Waals surface area contributed by atoms with Crippen LogP contribution in [0.2, 0.25) is 5.28 Å². The molecule has 1 aliphatic rings. The molecule has 0 amide bonds. The maximum atomic E-state index is 12.4. The minimum absolute atomic E-state index is 0.0262. The number of nitrogens with zero attached hydrogens (tertiary/aromatic N) is 3. The van der Waals surface area contributed by atoms with Crippen LogP contribution in [0.5, 0.6) is 0 Å². The summed E-state index contributed by atoms with van der Waals surface area (Å²) >= 11 is 6.00. The fraction of sp³-hybridized carbons (Fsp3) is 0.360. The number of fused-ring (bicyclic) bond motifs is 1. The molecule has 1 aromatic carbocycles. The standard InChI is InChI=1S/C25H25ClN4O6/c1-3-8-20(31)35-18-13-19(30-12-11-17-21(27)28-23(26)29-22(17)30)36-25(18,4-2)15-34-24(32)33-14-16-9-6-5-7-10-16/h2,5-7,9-12,18-19H,3,8,13-15H2,1H3,(H2,27,28,29)/t18-,19+,25+/m0/s1. The molecule has 0 aliphatic carbocycles. The third-order valence-corrected chi connectivity index (χ3v) is 5.91. The third-order valence-electron chi connectivity index (χ3n) is 5.74. The summed E-state index contributed by atoms with van der Waals surface area (Å²) in [4.78, 5) is 32.9. The van der Waals surface area contributed by atoms with Gasteiger partial charge in [-0.25, -0.2) is 9.78 Å². The predicted molar refractivity (Wildman–Crippen MR) is 131 cm³/mol. The summed E-state index contributed by atoms with van der Waals surface area (Å²) in [7, 11) is 0. The molecule has 188 valence electrons. The van der Waals surface area contributed by atoms with Crippen LogP contribution in [-0.4, -0.2) is 45.0 Å². The quantitative estimate of drug-likeness (QED) is 0.270. The number of hydrogen-bond acceptors (Lipinski definition) is 9. The summed E-state index contributed by atoms with van der Waals surface area (Å²) in [5.41, 5.74) is 5.63. The van der Waals surface area contributed by atoms with E-state index in [4.69, 9.17) is 42.7 Å². The van der Waals surface area contributed by atoms with E-state index in [1.165, 1.54) is 0 Å². The zero-order valence-corrected chi connectivity index (χ0v) is 20.3. The van der Waals surface area contributed by atoms with E-state index in [0.717, 1.165) is 5.56 Å². The number of esters is 1. The zero-order chi connectivity index (χ0) is 25.7. The number of anilines is 1. The van der Waals surface area contributed by atoms with Gasteiger partial charge in [-0.05, 0) is 29.7 Å². The summed E-state index contributed by atoms with van der Waals surface area (Å²) in [5, 5.41) is 0.540. The molecule has 1 fully saturated rings. The topological polar surface area (TPSA) is 128 Å². The molecule has 3 aromatic rings. The molecule has 4 rings (SSSR count). The van der Waals surface area contributed by atoms with Crippen molar-refractivity contribution in [2.45, 2.75) is 50.7 Å². The first-order valence-corrected chi connectivity index (χ1v) is 11.7. The number of ether oxygens (including phenoxy) is 4. The van der Waals surface area contributed by atoms with Crippen LogP contribution in [0, 0.1) is 12.3 Å². The number of terminal acetylenes is 1. The molecule has 2 N–H and O–H groups in total. The second-order valence-corrected chi connectivity index (χ2v) is 8.56. The highest BCUT2D eigenvalue weighted by Crippen LogP contribution is 2.41. The van der Waals surface area contributed by atoms with Crippen LogP contribution in [0.1, 0.15) is 38.0 Å². The van der Waals surface area contributed by atoms with Gasteiger partial charge in [-0.2, -0.15) is 4.98 Å². The maximum absolute atomic E-state index is 12.4. The highest BCUT2D eigenvalue weighted by molar-refractivity contribution is 6.28. The van der Waals surface area contributed by atoms with Crippen LogP contribution in [0.4, 0.5) is 10.6 Å². The van der Waals surface area contributed by atoms with Crippen molar-refractivity contribution in [1.82, 2.24) is 14.5 Å². The number of benzene rings is 1. The fourth-order valence-corrected chi connectivity index (χ4v) is 4.13. The minimum Gasteiger partial charge on any atom is -0.458 e. The molecule has 0 unspecified atom stereocenters. The molecule has 3 atom stereocenters. The highest BCUT2D eigenvalue weighted by atomic mass is 35.5. The summed E-state index contributed by atoms with van der Waals surface area (Å²) in [6, 6.07) is 10.9. The first-order chi connectivity index (χ1) is 17.3. The molecule has 0 saturated carbocycles. The first kappa shape index (κ1) is 25.3. The Morgan fingerprint density at radius 3 is 2.78 bits per heavy atom. The van der Waals surface area contributed by atoms with Crippen molar-refractivity contribution < 1.29 is 28.5 Å². The van der Waals surface area contributed by atoms with Crippen molar-refractivity contribution in [3.05, 3.63) is 53.4 Å². The van der Waals surface area contributed by atoms with Crippen LogP contribution in [0.15, 0.2) is 42.6 Å². The zero-order valence-electron chi connectivity index (χ0n) is 19.6. The van der Waals surface area contributed by atoms with Crippen molar-refractivity contribution in [2.75, 3.05) is 12.3 Å². The van der Waals surface area contributed by atoms with Gasteiger partial charge in [-0.3, -0.25) is 4.79 Å². The second kappa shape index (κ2) is 10.8. The Labute approximate surface area is 212 Å². The Bertz CT molecular complexity index is 1290. The van der Waals surface area contributed by atoms with Gasteiger partial charge in [0.25, 0.3) is 0 Å². The summed E-state index contributed by atoms with van der Waals surface area (Å²) in [6.45, 7) is 1.49. The summed E-state index contributed by atoms with van der Waals surface area (Å²) < 4.78 is 24.0. The molecule has 3 heterocycles. The average molecular weight is 513 g/mol. The maximum Gasteiger partial charge on any atom is 0.508 e. The highest BCUT2D eigenvalue weighted by Gasteiger charge is 2.52. The lowest BCUT2D eigenvalue weighted by Gasteiger charge is -2.28. The van der Waals surface area contributed by atoms with E-state index in [-0.39, 0.29) is 30.5 Å². The van der Waals surface area contributed by atoms with Crippen molar-refractivity contribution in [1.29, 1.82) is 0 Å². The normalized spacial score (nSPS) is 21.1. The fourth-order valence-electron chi connectivity index (χ4n) is 3.96. The average Bonchev–Trinajstić information content (AvgIpc) is 3.44.